The van der Waals surface area contributed by atoms with Gasteiger partial charge in [-0.15, -0.1) is 23.5 Å². The van der Waals surface area contributed by atoms with E-state index in [2.05, 4.69) is 4.72 Å². The molecule has 0 unspecified atom stereocenters. The van der Waals surface area contributed by atoms with Crippen LogP contribution in [-0.2, 0) is 10.0 Å². The van der Waals surface area contributed by atoms with Gasteiger partial charge >= 0.3 is 0 Å². The van der Waals surface area contributed by atoms with Crippen LogP contribution in [0, 0.1) is 0 Å². The quantitative estimate of drug-likeness (QED) is 0.751. The van der Waals surface area contributed by atoms with Crippen LogP contribution < -0.4 is 4.72 Å². The van der Waals surface area contributed by atoms with Gasteiger partial charge in [0.2, 0.25) is 0 Å². The molecule has 1 aliphatic heterocycles. The molecule has 0 atom stereocenters. The second-order valence-corrected chi connectivity index (χ2v) is 10.1. The van der Waals surface area contributed by atoms with Crippen molar-refractivity contribution in [3.63, 3.8) is 0 Å². The summed E-state index contributed by atoms with van der Waals surface area (Å²) in [5.74, 6) is 2.24. The summed E-state index contributed by atoms with van der Waals surface area (Å²) in [6, 6.07) is 11.8. The molecular formula is C15H13Cl2NO2S3. The molecule has 0 bridgehead atoms. The van der Waals surface area contributed by atoms with E-state index in [-0.39, 0.29) is 9.92 Å². The highest BCUT2D eigenvalue weighted by Crippen LogP contribution is 2.45. The Morgan fingerprint density at radius 1 is 1.00 bits per heavy atom. The van der Waals surface area contributed by atoms with Gasteiger partial charge in [-0.1, -0.05) is 35.3 Å². The van der Waals surface area contributed by atoms with Gasteiger partial charge in [-0.2, -0.15) is 0 Å². The first-order chi connectivity index (χ1) is 11.0. The topological polar surface area (TPSA) is 46.2 Å². The van der Waals surface area contributed by atoms with Crippen LogP contribution in [0.2, 0.25) is 10.0 Å². The van der Waals surface area contributed by atoms with E-state index in [0.29, 0.717) is 15.3 Å². The SMILES string of the molecule is O=S(=O)(Nc1cccc(C2SCCS2)c1)c1ccc(Cl)c(Cl)c1. The average Bonchev–Trinajstić information content (AvgIpc) is 3.04. The summed E-state index contributed by atoms with van der Waals surface area (Å²) in [5.41, 5.74) is 1.66. The number of sulfonamides is 1. The van der Waals surface area contributed by atoms with Gasteiger partial charge in [0.15, 0.2) is 0 Å². The maximum atomic E-state index is 12.5. The minimum Gasteiger partial charge on any atom is -0.280 e. The van der Waals surface area contributed by atoms with Crippen molar-refractivity contribution in [2.24, 2.45) is 0 Å². The average molecular weight is 406 g/mol. The number of halogens is 2. The van der Waals surface area contributed by atoms with Crippen LogP contribution >= 0.6 is 46.7 Å². The molecule has 2 aromatic carbocycles. The van der Waals surface area contributed by atoms with Crippen molar-refractivity contribution in [1.29, 1.82) is 0 Å². The third-order valence-electron chi connectivity index (χ3n) is 3.23. The predicted octanol–water partition coefficient (Wildman–Crippen LogP) is 5.27. The molecule has 3 nitrogen and oxygen atoms in total. The molecule has 1 saturated heterocycles. The minimum absolute atomic E-state index is 0.0851. The molecule has 1 fully saturated rings. The van der Waals surface area contributed by atoms with Crippen molar-refractivity contribution in [2.75, 3.05) is 16.2 Å². The van der Waals surface area contributed by atoms with E-state index in [9.17, 15) is 8.42 Å². The van der Waals surface area contributed by atoms with Gasteiger partial charge in [-0.3, -0.25) is 4.72 Å². The van der Waals surface area contributed by atoms with Crippen LogP contribution in [0.15, 0.2) is 47.4 Å². The Bertz CT molecular complexity index is 821. The van der Waals surface area contributed by atoms with Gasteiger partial charge in [0.05, 0.1) is 19.5 Å². The molecule has 0 aliphatic carbocycles. The summed E-state index contributed by atoms with van der Waals surface area (Å²) in [6.45, 7) is 0. The number of benzene rings is 2. The zero-order chi connectivity index (χ0) is 16.4. The lowest BCUT2D eigenvalue weighted by molar-refractivity contribution is 0.601. The van der Waals surface area contributed by atoms with E-state index in [1.54, 1.807) is 6.07 Å². The van der Waals surface area contributed by atoms with Crippen molar-refractivity contribution >= 4 is 62.4 Å². The molecule has 0 saturated carbocycles. The Hall–Kier alpha value is -0.530. The van der Waals surface area contributed by atoms with Crippen LogP contribution in [0.5, 0.6) is 0 Å². The molecule has 122 valence electrons. The Morgan fingerprint density at radius 2 is 1.74 bits per heavy atom. The van der Waals surface area contributed by atoms with Crippen LogP contribution in [-0.4, -0.2) is 19.9 Å². The number of rotatable bonds is 4. The Balaban J connectivity index is 1.85. The normalized spacial score (nSPS) is 15.7. The van der Waals surface area contributed by atoms with E-state index in [1.165, 1.54) is 18.2 Å². The third-order valence-corrected chi connectivity index (χ3v) is 8.46. The Labute approximate surface area is 154 Å². The summed E-state index contributed by atoms with van der Waals surface area (Å²) in [7, 11) is -3.70. The fourth-order valence-corrected chi connectivity index (χ4v) is 6.43. The van der Waals surface area contributed by atoms with Crippen molar-refractivity contribution in [2.45, 2.75) is 9.48 Å². The van der Waals surface area contributed by atoms with Gasteiger partial charge in [0, 0.05) is 17.2 Å². The lowest BCUT2D eigenvalue weighted by Gasteiger charge is -2.12. The molecule has 0 aromatic heterocycles. The number of nitrogens with one attached hydrogen (secondary N) is 1. The molecule has 0 radical (unpaired) electrons. The van der Waals surface area contributed by atoms with E-state index in [4.69, 9.17) is 23.2 Å². The lowest BCUT2D eigenvalue weighted by Crippen LogP contribution is -2.13. The second-order valence-electron chi connectivity index (χ2n) is 4.88. The highest BCUT2D eigenvalue weighted by molar-refractivity contribution is 8.19. The molecule has 1 N–H and O–H groups in total. The first-order valence-corrected chi connectivity index (χ1v) is 11.1. The van der Waals surface area contributed by atoms with Crippen molar-refractivity contribution in [3.8, 4) is 0 Å². The second kappa shape index (κ2) is 7.15. The van der Waals surface area contributed by atoms with E-state index in [0.717, 1.165) is 17.1 Å². The molecule has 1 aliphatic rings. The van der Waals surface area contributed by atoms with Gasteiger partial charge in [-0.25, -0.2) is 8.42 Å². The molecule has 3 rings (SSSR count). The molecule has 0 spiro atoms. The van der Waals surface area contributed by atoms with Gasteiger partial charge in [0.1, 0.15) is 0 Å². The van der Waals surface area contributed by atoms with Crippen LogP contribution in [0.3, 0.4) is 0 Å². The standard InChI is InChI=1S/C15H13Cl2NO2S3/c16-13-5-4-12(9-14(13)17)23(19,20)18-11-3-1-2-10(8-11)15-21-6-7-22-15/h1-5,8-9,15,18H,6-7H2. The number of thioether (sulfide) groups is 2. The molecule has 23 heavy (non-hydrogen) atoms. The first-order valence-electron chi connectivity index (χ1n) is 6.77. The first kappa shape index (κ1) is 17.3. The van der Waals surface area contributed by atoms with Crippen LogP contribution in [0.1, 0.15) is 10.1 Å². The fourth-order valence-electron chi connectivity index (χ4n) is 2.16. The van der Waals surface area contributed by atoms with Crippen molar-refractivity contribution in [1.82, 2.24) is 0 Å². The molecule has 2 aromatic rings. The molecule has 0 amide bonds. The van der Waals surface area contributed by atoms with Gasteiger partial charge < -0.3 is 0 Å². The number of anilines is 1. The third kappa shape index (κ3) is 4.12. The minimum atomic E-state index is -3.70. The van der Waals surface area contributed by atoms with E-state index in [1.807, 2.05) is 41.7 Å². The Kier molecular flexibility index (Phi) is 5.38. The van der Waals surface area contributed by atoms with Crippen LogP contribution in [0.25, 0.3) is 0 Å². The van der Waals surface area contributed by atoms with Gasteiger partial charge in [0.25, 0.3) is 10.0 Å². The summed E-state index contributed by atoms with van der Waals surface area (Å²) in [4.78, 5) is 0.0851. The number of hydrogen-bond donors (Lipinski definition) is 1. The maximum Gasteiger partial charge on any atom is 0.261 e. The van der Waals surface area contributed by atoms with Crippen molar-refractivity contribution < 1.29 is 8.42 Å². The van der Waals surface area contributed by atoms with E-state index >= 15 is 0 Å². The molecule has 8 heteroatoms. The van der Waals surface area contributed by atoms with Gasteiger partial charge in [-0.05, 0) is 35.9 Å². The van der Waals surface area contributed by atoms with Crippen LogP contribution in [0.4, 0.5) is 5.69 Å². The lowest BCUT2D eigenvalue weighted by atomic mass is 10.2. The predicted molar refractivity (Wildman–Crippen MR) is 101 cm³/mol. The number of hydrogen-bond acceptors (Lipinski definition) is 4. The summed E-state index contributed by atoms with van der Waals surface area (Å²) >= 11 is 15.5. The summed E-state index contributed by atoms with van der Waals surface area (Å²) < 4.78 is 27.9. The molecule has 1 heterocycles. The van der Waals surface area contributed by atoms with E-state index < -0.39 is 10.0 Å². The molecular weight excluding hydrogens is 393 g/mol. The summed E-state index contributed by atoms with van der Waals surface area (Å²) in [6.07, 6.45) is 0. The highest BCUT2D eigenvalue weighted by Gasteiger charge is 2.20. The van der Waals surface area contributed by atoms with Crippen molar-refractivity contribution in [3.05, 3.63) is 58.1 Å². The largest absolute Gasteiger partial charge is 0.280 e. The fraction of sp³-hybridized carbons (Fsp3) is 0.200. The smallest absolute Gasteiger partial charge is 0.261 e. The summed E-state index contributed by atoms with van der Waals surface area (Å²) in [5, 5.41) is 0.532. The zero-order valence-corrected chi connectivity index (χ0v) is 15.8. The zero-order valence-electron chi connectivity index (χ0n) is 11.8. The maximum absolute atomic E-state index is 12.5. The Morgan fingerprint density at radius 3 is 2.43 bits per heavy atom. The highest BCUT2D eigenvalue weighted by atomic mass is 35.5. The monoisotopic (exact) mass is 405 g/mol.